The average Bonchev–Trinajstić information content (AvgIpc) is 2.88. The molecule has 0 aliphatic heterocycles. The van der Waals surface area contributed by atoms with Crippen LogP contribution in [0.15, 0.2) is 45.9 Å². The van der Waals surface area contributed by atoms with E-state index in [9.17, 15) is 13.2 Å². The summed E-state index contributed by atoms with van der Waals surface area (Å²) in [4.78, 5) is 4.07. The number of aromatic nitrogens is 2. The van der Waals surface area contributed by atoms with Gasteiger partial charge in [0.1, 0.15) is 0 Å². The van der Waals surface area contributed by atoms with Crippen LogP contribution in [0.2, 0.25) is 5.02 Å². The fourth-order valence-corrected chi connectivity index (χ4v) is 2.13. The van der Waals surface area contributed by atoms with Crippen LogP contribution >= 0.6 is 23.4 Å². The lowest BCUT2D eigenvalue weighted by Crippen LogP contribution is -1.83. The van der Waals surface area contributed by atoms with E-state index in [4.69, 9.17) is 16.1 Å². The zero-order chi connectivity index (χ0) is 14.5. The summed E-state index contributed by atoms with van der Waals surface area (Å²) in [6, 6.07) is 6.82. The number of allylic oxidation sites excluding steroid dienone is 1. The molecule has 1 aromatic heterocycles. The lowest BCUT2D eigenvalue weighted by molar-refractivity contribution is 0.341. The van der Waals surface area contributed by atoms with E-state index in [1.165, 1.54) is 0 Å². The molecule has 0 bridgehead atoms. The van der Waals surface area contributed by atoms with E-state index in [1.54, 1.807) is 24.3 Å². The van der Waals surface area contributed by atoms with E-state index in [1.807, 2.05) is 0 Å². The van der Waals surface area contributed by atoms with E-state index in [0.717, 1.165) is 11.8 Å². The second-order valence-electron chi connectivity index (χ2n) is 3.65. The quantitative estimate of drug-likeness (QED) is 0.731. The molecule has 106 valence electrons. The van der Waals surface area contributed by atoms with Crippen LogP contribution in [-0.4, -0.2) is 15.9 Å². The molecule has 0 saturated carbocycles. The normalized spacial score (nSPS) is 10.6. The molecule has 1 heterocycles. The van der Waals surface area contributed by atoms with Gasteiger partial charge in [-0.1, -0.05) is 28.5 Å². The fourth-order valence-electron chi connectivity index (χ4n) is 1.31. The van der Waals surface area contributed by atoms with Gasteiger partial charge in [0.05, 0.1) is 0 Å². The zero-order valence-electron chi connectivity index (χ0n) is 9.95. The van der Waals surface area contributed by atoms with Gasteiger partial charge in [0.25, 0.3) is 5.22 Å². The predicted octanol–water partition coefficient (Wildman–Crippen LogP) is 4.95. The third-order valence-corrected chi connectivity index (χ3v) is 3.33. The molecule has 2 aromatic rings. The highest BCUT2D eigenvalue weighted by atomic mass is 35.5. The monoisotopic (exact) mass is 320 g/mol. The van der Waals surface area contributed by atoms with Crippen molar-refractivity contribution in [3.8, 4) is 11.4 Å². The molecule has 8 heteroatoms. The minimum atomic E-state index is -2.29. The molecule has 0 N–H and O–H groups in total. The van der Waals surface area contributed by atoms with Gasteiger partial charge in [-0.05, 0) is 24.3 Å². The summed E-state index contributed by atoms with van der Waals surface area (Å²) in [5.41, 5.74) is 0.714. The molecule has 0 saturated heterocycles. The number of thioether (sulfide) groups is 1. The minimum absolute atomic E-state index is 0.0887. The van der Waals surface area contributed by atoms with Crippen molar-refractivity contribution in [2.45, 2.75) is 11.6 Å². The summed E-state index contributed by atoms with van der Waals surface area (Å²) in [6.45, 7) is 0. The molecule has 0 atom stereocenters. The van der Waals surface area contributed by atoms with Crippen molar-refractivity contribution in [1.82, 2.24) is 10.1 Å². The van der Waals surface area contributed by atoms with E-state index in [-0.39, 0.29) is 17.4 Å². The van der Waals surface area contributed by atoms with Gasteiger partial charge in [-0.25, -0.2) is 4.39 Å². The third kappa shape index (κ3) is 4.01. The van der Waals surface area contributed by atoms with Gasteiger partial charge in [-0.2, -0.15) is 13.8 Å². The highest BCUT2D eigenvalue weighted by Gasteiger charge is 2.10. The Kier molecular flexibility index (Phi) is 5.08. The van der Waals surface area contributed by atoms with Crippen LogP contribution in [0.3, 0.4) is 0 Å². The van der Waals surface area contributed by atoms with Crippen LogP contribution in [0.1, 0.15) is 6.42 Å². The van der Waals surface area contributed by atoms with Gasteiger partial charge in [0, 0.05) is 22.8 Å². The Morgan fingerprint density at radius 2 is 1.90 bits per heavy atom. The molecule has 0 amide bonds. The largest absolute Gasteiger partial charge is 0.327 e. The lowest BCUT2D eigenvalue weighted by atomic mass is 10.2. The van der Waals surface area contributed by atoms with Crippen molar-refractivity contribution in [2.75, 3.05) is 5.75 Å². The maximum Gasteiger partial charge on any atom is 0.301 e. The highest BCUT2D eigenvalue weighted by Crippen LogP contribution is 2.24. The summed E-state index contributed by atoms with van der Waals surface area (Å²) in [5, 5.41) is 4.53. The second kappa shape index (κ2) is 6.81. The summed E-state index contributed by atoms with van der Waals surface area (Å²) in [6.07, 6.45) is -2.68. The van der Waals surface area contributed by atoms with Crippen molar-refractivity contribution in [2.24, 2.45) is 0 Å². The summed E-state index contributed by atoms with van der Waals surface area (Å²) >= 11 is 6.77. The summed E-state index contributed by atoms with van der Waals surface area (Å²) < 4.78 is 41.2. The third-order valence-electron chi connectivity index (χ3n) is 2.26. The van der Waals surface area contributed by atoms with Crippen LogP contribution in [0, 0.1) is 0 Å². The first-order chi connectivity index (χ1) is 9.56. The number of hydrogen-bond acceptors (Lipinski definition) is 4. The molecule has 0 aliphatic carbocycles. The van der Waals surface area contributed by atoms with Crippen molar-refractivity contribution < 1.29 is 17.7 Å². The van der Waals surface area contributed by atoms with E-state index in [0.29, 0.717) is 16.4 Å². The Bertz CT molecular complexity index is 611. The van der Waals surface area contributed by atoms with Crippen LogP contribution in [0.4, 0.5) is 13.2 Å². The smallest absolute Gasteiger partial charge is 0.301 e. The van der Waals surface area contributed by atoms with Crippen molar-refractivity contribution >= 4 is 23.4 Å². The maximum absolute atomic E-state index is 12.6. The van der Waals surface area contributed by atoms with Crippen molar-refractivity contribution in [1.29, 1.82) is 0 Å². The zero-order valence-corrected chi connectivity index (χ0v) is 11.5. The van der Waals surface area contributed by atoms with Crippen LogP contribution in [0.25, 0.3) is 11.4 Å². The molecular formula is C12H8ClF3N2OS. The summed E-state index contributed by atoms with van der Waals surface area (Å²) in [5.74, 6) is -0.974. The number of nitrogens with zero attached hydrogens (tertiary/aromatic N) is 2. The Morgan fingerprint density at radius 1 is 1.20 bits per heavy atom. The molecule has 20 heavy (non-hydrogen) atoms. The van der Waals surface area contributed by atoms with E-state index in [2.05, 4.69) is 10.1 Å². The van der Waals surface area contributed by atoms with Gasteiger partial charge < -0.3 is 4.52 Å². The summed E-state index contributed by atoms with van der Waals surface area (Å²) in [7, 11) is 0. The highest BCUT2D eigenvalue weighted by molar-refractivity contribution is 7.99. The van der Waals surface area contributed by atoms with Crippen LogP contribution in [0.5, 0.6) is 0 Å². The number of halogens is 4. The first kappa shape index (κ1) is 14.9. The molecule has 1 aromatic carbocycles. The fraction of sp³-hybridized carbons (Fsp3) is 0.167. The van der Waals surface area contributed by atoms with Crippen LogP contribution < -0.4 is 0 Å². The van der Waals surface area contributed by atoms with Gasteiger partial charge in [-0.15, -0.1) is 0 Å². The van der Waals surface area contributed by atoms with Gasteiger partial charge in [0.15, 0.2) is 5.83 Å². The van der Waals surface area contributed by atoms with Crippen LogP contribution in [-0.2, 0) is 0 Å². The Labute approximate surface area is 121 Å². The topological polar surface area (TPSA) is 38.9 Å². The second-order valence-corrected chi connectivity index (χ2v) is 5.14. The van der Waals surface area contributed by atoms with Gasteiger partial charge in [-0.3, -0.25) is 0 Å². The first-order valence-electron chi connectivity index (χ1n) is 5.48. The Hall–Kier alpha value is -1.47. The van der Waals surface area contributed by atoms with Crippen molar-refractivity contribution in [3.05, 3.63) is 41.2 Å². The maximum atomic E-state index is 12.6. The molecular weight excluding hydrogens is 313 g/mol. The molecule has 3 nitrogen and oxygen atoms in total. The Morgan fingerprint density at radius 3 is 2.55 bits per heavy atom. The average molecular weight is 321 g/mol. The van der Waals surface area contributed by atoms with E-state index < -0.39 is 11.9 Å². The predicted molar refractivity (Wildman–Crippen MR) is 70.4 cm³/mol. The molecule has 0 spiro atoms. The molecule has 0 fully saturated rings. The minimum Gasteiger partial charge on any atom is -0.327 e. The molecule has 0 unspecified atom stereocenters. The number of benzene rings is 1. The molecule has 0 radical (unpaired) electrons. The van der Waals surface area contributed by atoms with Crippen molar-refractivity contribution in [3.63, 3.8) is 0 Å². The number of hydrogen-bond donors (Lipinski definition) is 0. The number of rotatable bonds is 5. The van der Waals surface area contributed by atoms with E-state index >= 15 is 0 Å². The first-order valence-corrected chi connectivity index (χ1v) is 6.84. The van der Waals surface area contributed by atoms with Gasteiger partial charge >= 0.3 is 6.08 Å². The molecule has 0 aliphatic rings. The standard InChI is InChI=1S/C12H8ClF3N2OS/c13-8-3-1-7(2-4-8)11-17-12(19-18-11)20-6-5-9(14)10(15)16/h1-4H,5-6H2. The lowest BCUT2D eigenvalue weighted by Gasteiger charge is -1.94. The SMILES string of the molecule is FC(F)=C(F)CCSc1nc(-c2ccc(Cl)cc2)no1. The Balaban J connectivity index is 1.96. The molecule has 2 rings (SSSR count). The van der Waals surface area contributed by atoms with Gasteiger partial charge in [0.2, 0.25) is 5.82 Å².